The number of nitrogens with one attached hydrogen (secondary N) is 2. The Morgan fingerprint density at radius 1 is 1.50 bits per heavy atom. The Balaban J connectivity index is 2.60. The molecular weight excluding hydrogens is 202 g/mol. The number of aromatic nitrogens is 1. The van der Waals surface area contributed by atoms with Crippen LogP contribution >= 0.6 is 0 Å². The van der Waals surface area contributed by atoms with E-state index >= 15 is 0 Å². The third-order valence-corrected chi connectivity index (χ3v) is 2.39. The van der Waals surface area contributed by atoms with Gasteiger partial charge in [0.2, 0.25) is 0 Å². The highest BCUT2D eigenvalue weighted by molar-refractivity contribution is 5.52. The largest absolute Gasteiger partial charge is 0.383 e. The van der Waals surface area contributed by atoms with Crippen LogP contribution < -0.4 is 10.6 Å². The summed E-state index contributed by atoms with van der Waals surface area (Å²) in [7, 11) is 3.60. The maximum absolute atomic E-state index is 5.19. The minimum Gasteiger partial charge on any atom is -0.383 e. The topological polar surface area (TPSA) is 46.2 Å². The van der Waals surface area contributed by atoms with Gasteiger partial charge in [-0.15, -0.1) is 0 Å². The van der Waals surface area contributed by atoms with Gasteiger partial charge in [0.15, 0.2) is 0 Å². The first kappa shape index (κ1) is 12.8. The standard InChI is InChI=1S/C12H21N3O/c1-4-5-11(9-16-3)15-10-6-7-14-12(8-10)13-2/h6-8,11H,4-5,9H2,1-3H3,(H2,13,14,15). The van der Waals surface area contributed by atoms with Crippen LogP contribution in [0.5, 0.6) is 0 Å². The van der Waals surface area contributed by atoms with Gasteiger partial charge in [-0.25, -0.2) is 4.98 Å². The minimum atomic E-state index is 0.363. The molecule has 2 N–H and O–H groups in total. The molecule has 1 aromatic heterocycles. The monoisotopic (exact) mass is 223 g/mol. The van der Waals surface area contributed by atoms with Crippen molar-refractivity contribution in [2.24, 2.45) is 0 Å². The molecule has 4 nitrogen and oxygen atoms in total. The van der Waals surface area contributed by atoms with Gasteiger partial charge in [0, 0.05) is 38.1 Å². The molecule has 90 valence electrons. The molecule has 1 aromatic rings. The van der Waals surface area contributed by atoms with Crippen molar-refractivity contribution in [3.63, 3.8) is 0 Å². The Labute approximate surface area is 97.4 Å². The molecule has 4 heteroatoms. The van der Waals surface area contributed by atoms with E-state index < -0.39 is 0 Å². The van der Waals surface area contributed by atoms with Gasteiger partial charge >= 0.3 is 0 Å². The van der Waals surface area contributed by atoms with Gasteiger partial charge in [-0.3, -0.25) is 0 Å². The van der Waals surface area contributed by atoms with Crippen LogP contribution in [0.1, 0.15) is 19.8 Å². The summed E-state index contributed by atoms with van der Waals surface area (Å²) in [5, 5.41) is 6.47. The molecule has 0 spiro atoms. The van der Waals surface area contributed by atoms with Crippen molar-refractivity contribution in [3.8, 4) is 0 Å². The highest BCUT2D eigenvalue weighted by Gasteiger charge is 2.07. The molecule has 0 saturated heterocycles. The summed E-state index contributed by atoms with van der Waals surface area (Å²) in [5.41, 5.74) is 1.08. The first-order valence-corrected chi connectivity index (χ1v) is 5.69. The zero-order valence-corrected chi connectivity index (χ0v) is 10.3. The number of pyridine rings is 1. The van der Waals surface area contributed by atoms with Gasteiger partial charge in [0.25, 0.3) is 0 Å². The average molecular weight is 223 g/mol. The fraction of sp³-hybridized carbons (Fsp3) is 0.583. The Kier molecular flexibility index (Phi) is 5.64. The van der Waals surface area contributed by atoms with Crippen molar-refractivity contribution < 1.29 is 4.74 Å². The Morgan fingerprint density at radius 2 is 2.31 bits per heavy atom. The van der Waals surface area contributed by atoms with E-state index in [0.717, 1.165) is 31.0 Å². The Morgan fingerprint density at radius 3 is 2.94 bits per heavy atom. The Hall–Kier alpha value is -1.29. The predicted molar refractivity (Wildman–Crippen MR) is 68.0 cm³/mol. The zero-order chi connectivity index (χ0) is 11.8. The van der Waals surface area contributed by atoms with E-state index in [1.165, 1.54) is 0 Å². The van der Waals surface area contributed by atoms with Crippen LogP contribution in [0.3, 0.4) is 0 Å². The zero-order valence-electron chi connectivity index (χ0n) is 10.3. The second-order valence-corrected chi connectivity index (χ2v) is 3.77. The number of methoxy groups -OCH3 is 1. The molecule has 0 fully saturated rings. The van der Waals surface area contributed by atoms with Crippen molar-refractivity contribution >= 4 is 11.5 Å². The second kappa shape index (κ2) is 7.06. The molecule has 0 aromatic carbocycles. The van der Waals surface area contributed by atoms with E-state index in [1.54, 1.807) is 13.3 Å². The maximum Gasteiger partial charge on any atom is 0.127 e. The van der Waals surface area contributed by atoms with Crippen molar-refractivity contribution in [2.75, 3.05) is 31.4 Å². The first-order chi connectivity index (χ1) is 7.80. The Bertz CT molecular complexity index is 298. The van der Waals surface area contributed by atoms with Crippen LogP contribution in [-0.4, -0.2) is 31.8 Å². The van der Waals surface area contributed by atoms with Crippen molar-refractivity contribution in [1.29, 1.82) is 0 Å². The van der Waals surface area contributed by atoms with Crippen LogP contribution in [0.15, 0.2) is 18.3 Å². The molecular formula is C12H21N3O. The van der Waals surface area contributed by atoms with Gasteiger partial charge in [0.1, 0.15) is 5.82 Å². The number of anilines is 2. The summed E-state index contributed by atoms with van der Waals surface area (Å²) in [4.78, 5) is 4.17. The highest BCUT2D eigenvalue weighted by atomic mass is 16.5. The summed E-state index contributed by atoms with van der Waals surface area (Å²) >= 11 is 0. The summed E-state index contributed by atoms with van der Waals surface area (Å²) in [6.07, 6.45) is 4.04. The molecule has 1 rings (SSSR count). The van der Waals surface area contributed by atoms with Gasteiger partial charge in [-0.2, -0.15) is 0 Å². The third-order valence-electron chi connectivity index (χ3n) is 2.39. The number of hydrogen-bond acceptors (Lipinski definition) is 4. The quantitative estimate of drug-likeness (QED) is 0.745. The molecule has 0 radical (unpaired) electrons. The van der Waals surface area contributed by atoms with Crippen LogP contribution in [0, 0.1) is 0 Å². The third kappa shape index (κ3) is 4.06. The van der Waals surface area contributed by atoms with Crippen LogP contribution in [0.4, 0.5) is 11.5 Å². The molecule has 0 aliphatic carbocycles. The van der Waals surface area contributed by atoms with E-state index in [0.29, 0.717) is 6.04 Å². The molecule has 16 heavy (non-hydrogen) atoms. The molecule has 1 heterocycles. The lowest BCUT2D eigenvalue weighted by Crippen LogP contribution is -2.24. The van der Waals surface area contributed by atoms with E-state index in [-0.39, 0.29) is 0 Å². The molecule has 0 saturated carbocycles. The van der Waals surface area contributed by atoms with E-state index in [9.17, 15) is 0 Å². The molecule has 0 aliphatic heterocycles. The first-order valence-electron chi connectivity index (χ1n) is 5.69. The number of rotatable bonds is 7. The lowest BCUT2D eigenvalue weighted by molar-refractivity contribution is 0.182. The predicted octanol–water partition coefficient (Wildman–Crippen LogP) is 2.35. The van der Waals surface area contributed by atoms with Crippen LogP contribution in [-0.2, 0) is 4.74 Å². The fourth-order valence-corrected chi connectivity index (χ4v) is 1.64. The average Bonchev–Trinajstić information content (AvgIpc) is 2.30. The normalized spacial score (nSPS) is 12.2. The lowest BCUT2D eigenvalue weighted by atomic mass is 10.1. The number of nitrogens with zero attached hydrogens (tertiary/aromatic N) is 1. The summed E-state index contributed by atoms with van der Waals surface area (Å²) in [6.45, 7) is 2.90. The summed E-state index contributed by atoms with van der Waals surface area (Å²) < 4.78 is 5.19. The molecule has 0 bridgehead atoms. The van der Waals surface area contributed by atoms with Crippen LogP contribution in [0.25, 0.3) is 0 Å². The molecule has 0 amide bonds. The molecule has 0 aliphatic rings. The van der Waals surface area contributed by atoms with E-state index in [2.05, 4.69) is 22.5 Å². The SMILES string of the molecule is CCCC(COC)Nc1ccnc(NC)c1. The smallest absolute Gasteiger partial charge is 0.127 e. The molecule has 1 unspecified atom stereocenters. The van der Waals surface area contributed by atoms with Gasteiger partial charge in [-0.1, -0.05) is 13.3 Å². The summed E-state index contributed by atoms with van der Waals surface area (Å²) in [5.74, 6) is 0.873. The van der Waals surface area contributed by atoms with Gasteiger partial charge in [-0.05, 0) is 12.5 Å². The van der Waals surface area contributed by atoms with Gasteiger partial charge < -0.3 is 15.4 Å². The molecule has 1 atom stereocenters. The van der Waals surface area contributed by atoms with E-state index in [4.69, 9.17) is 4.74 Å². The number of ether oxygens (including phenoxy) is 1. The fourth-order valence-electron chi connectivity index (χ4n) is 1.64. The number of hydrogen-bond donors (Lipinski definition) is 2. The van der Waals surface area contributed by atoms with E-state index in [1.807, 2.05) is 19.2 Å². The van der Waals surface area contributed by atoms with Crippen LogP contribution in [0.2, 0.25) is 0 Å². The van der Waals surface area contributed by atoms with Crippen molar-refractivity contribution in [2.45, 2.75) is 25.8 Å². The second-order valence-electron chi connectivity index (χ2n) is 3.77. The highest BCUT2D eigenvalue weighted by Crippen LogP contribution is 2.14. The van der Waals surface area contributed by atoms with Gasteiger partial charge in [0.05, 0.1) is 6.61 Å². The maximum atomic E-state index is 5.19. The van der Waals surface area contributed by atoms with Crippen molar-refractivity contribution in [1.82, 2.24) is 4.98 Å². The minimum absolute atomic E-state index is 0.363. The summed E-state index contributed by atoms with van der Waals surface area (Å²) in [6, 6.07) is 4.33. The van der Waals surface area contributed by atoms with Crippen molar-refractivity contribution in [3.05, 3.63) is 18.3 Å². The lowest BCUT2D eigenvalue weighted by Gasteiger charge is -2.18.